The molecule has 1 saturated heterocycles. The van der Waals surface area contributed by atoms with Gasteiger partial charge >= 0.3 is 5.97 Å². The number of carboxylic acid groups (broad SMARTS) is 1. The molecule has 1 heterocycles. The van der Waals surface area contributed by atoms with E-state index in [0.29, 0.717) is 30.4 Å². The summed E-state index contributed by atoms with van der Waals surface area (Å²) in [7, 11) is 0. The third-order valence-electron chi connectivity index (χ3n) is 3.67. The Bertz CT molecular complexity index is 564. The quantitative estimate of drug-likeness (QED) is 0.806. The number of rotatable bonds is 7. The highest BCUT2D eigenvalue weighted by atomic mass is 16.5. The fourth-order valence-corrected chi connectivity index (χ4v) is 2.48. The van der Waals surface area contributed by atoms with Crippen molar-refractivity contribution in [3.63, 3.8) is 0 Å². The van der Waals surface area contributed by atoms with Crippen LogP contribution in [0.5, 0.6) is 5.75 Å². The number of amides is 1. The molecular formula is C17H23NO5. The van der Waals surface area contributed by atoms with Crippen LogP contribution in [0.15, 0.2) is 18.2 Å². The van der Waals surface area contributed by atoms with Gasteiger partial charge < -0.3 is 19.9 Å². The molecule has 0 aliphatic carbocycles. The number of hydrogen-bond donors (Lipinski definition) is 2. The maximum absolute atomic E-state index is 12.1. The first-order chi connectivity index (χ1) is 11.0. The lowest BCUT2D eigenvalue weighted by atomic mass is 10.0. The molecule has 1 aliphatic heterocycles. The molecule has 0 saturated carbocycles. The summed E-state index contributed by atoms with van der Waals surface area (Å²) in [6.45, 7) is 5.22. The first-order valence-electron chi connectivity index (χ1n) is 7.87. The predicted octanol–water partition coefficient (Wildman–Crippen LogP) is 2.93. The number of carbonyl (C=O) groups is 2. The third-order valence-corrected chi connectivity index (χ3v) is 3.67. The van der Waals surface area contributed by atoms with E-state index < -0.39 is 5.97 Å². The van der Waals surface area contributed by atoms with E-state index in [1.165, 1.54) is 12.1 Å². The van der Waals surface area contributed by atoms with E-state index in [0.717, 1.165) is 19.4 Å². The zero-order valence-electron chi connectivity index (χ0n) is 13.5. The molecule has 1 aliphatic rings. The van der Waals surface area contributed by atoms with Gasteiger partial charge in [-0.25, -0.2) is 4.79 Å². The summed E-state index contributed by atoms with van der Waals surface area (Å²) in [6, 6.07) is 4.46. The number of carbonyl (C=O) groups excluding carboxylic acids is 1. The number of benzene rings is 1. The van der Waals surface area contributed by atoms with Crippen molar-refractivity contribution in [1.82, 2.24) is 0 Å². The van der Waals surface area contributed by atoms with E-state index in [-0.39, 0.29) is 17.6 Å². The minimum Gasteiger partial charge on any atom is -0.489 e. The van der Waals surface area contributed by atoms with Gasteiger partial charge in [0, 0.05) is 19.6 Å². The molecule has 1 atom stereocenters. The molecular weight excluding hydrogens is 298 g/mol. The van der Waals surface area contributed by atoms with Crippen LogP contribution >= 0.6 is 0 Å². The second-order valence-corrected chi connectivity index (χ2v) is 6.00. The Balaban J connectivity index is 2.03. The number of nitrogens with one attached hydrogen (secondary N) is 1. The zero-order valence-corrected chi connectivity index (χ0v) is 13.5. The lowest BCUT2D eigenvalue weighted by Crippen LogP contribution is -2.16. The van der Waals surface area contributed by atoms with Gasteiger partial charge in [-0.15, -0.1) is 0 Å². The van der Waals surface area contributed by atoms with Gasteiger partial charge in [-0.2, -0.15) is 0 Å². The molecule has 0 radical (unpaired) electrons. The predicted molar refractivity (Wildman–Crippen MR) is 86.0 cm³/mol. The molecule has 0 aromatic heterocycles. The number of carboxylic acids is 1. The van der Waals surface area contributed by atoms with Crippen molar-refractivity contribution >= 4 is 17.6 Å². The van der Waals surface area contributed by atoms with E-state index in [2.05, 4.69) is 5.32 Å². The molecule has 23 heavy (non-hydrogen) atoms. The van der Waals surface area contributed by atoms with E-state index >= 15 is 0 Å². The minimum absolute atomic E-state index is 0.0723. The highest BCUT2D eigenvalue weighted by Crippen LogP contribution is 2.27. The molecule has 2 N–H and O–H groups in total. The average molecular weight is 321 g/mol. The van der Waals surface area contributed by atoms with E-state index in [1.807, 2.05) is 13.8 Å². The van der Waals surface area contributed by atoms with Crippen LogP contribution in [0.1, 0.15) is 43.5 Å². The van der Waals surface area contributed by atoms with Gasteiger partial charge in [-0.05, 0) is 50.8 Å². The fourth-order valence-electron chi connectivity index (χ4n) is 2.48. The van der Waals surface area contributed by atoms with Crippen molar-refractivity contribution in [2.24, 2.45) is 5.92 Å². The standard InChI is InChI=1S/C17H23NO5/c1-11(2)23-15-5-4-13(17(20)21)9-14(15)18-16(19)6-3-12-7-8-22-10-12/h4-5,9,11-12H,3,6-8,10H2,1-2H3,(H,18,19)(H,20,21). The van der Waals surface area contributed by atoms with Gasteiger partial charge in [0.2, 0.25) is 5.91 Å². The van der Waals surface area contributed by atoms with E-state index in [4.69, 9.17) is 14.6 Å². The summed E-state index contributed by atoms with van der Waals surface area (Å²) >= 11 is 0. The van der Waals surface area contributed by atoms with Gasteiger partial charge in [0.05, 0.1) is 17.4 Å². The number of aromatic carboxylic acids is 1. The van der Waals surface area contributed by atoms with Crippen LogP contribution in [0, 0.1) is 5.92 Å². The van der Waals surface area contributed by atoms with Gasteiger partial charge in [-0.3, -0.25) is 4.79 Å². The van der Waals surface area contributed by atoms with Crippen LogP contribution < -0.4 is 10.1 Å². The lowest BCUT2D eigenvalue weighted by molar-refractivity contribution is -0.116. The van der Waals surface area contributed by atoms with Crippen molar-refractivity contribution in [2.45, 2.75) is 39.2 Å². The molecule has 1 aromatic carbocycles. The summed E-state index contributed by atoms with van der Waals surface area (Å²) in [6.07, 6.45) is 2.07. The molecule has 2 rings (SSSR count). The van der Waals surface area contributed by atoms with Gasteiger partial charge in [0.15, 0.2) is 0 Å². The first-order valence-corrected chi connectivity index (χ1v) is 7.87. The summed E-state index contributed by atoms with van der Waals surface area (Å²) in [5.74, 6) is -0.284. The van der Waals surface area contributed by atoms with Crippen molar-refractivity contribution in [1.29, 1.82) is 0 Å². The molecule has 0 bridgehead atoms. The Morgan fingerprint density at radius 3 is 2.83 bits per heavy atom. The highest BCUT2D eigenvalue weighted by molar-refractivity contribution is 5.95. The first kappa shape index (κ1) is 17.3. The SMILES string of the molecule is CC(C)Oc1ccc(C(=O)O)cc1NC(=O)CCC1CCOC1. The van der Waals surface area contributed by atoms with Gasteiger partial charge in [-0.1, -0.05) is 0 Å². The van der Waals surface area contributed by atoms with Gasteiger partial charge in [0.1, 0.15) is 5.75 Å². The van der Waals surface area contributed by atoms with Crippen molar-refractivity contribution in [2.75, 3.05) is 18.5 Å². The lowest BCUT2D eigenvalue weighted by Gasteiger charge is -2.16. The summed E-state index contributed by atoms with van der Waals surface area (Å²) in [4.78, 5) is 23.2. The highest BCUT2D eigenvalue weighted by Gasteiger charge is 2.18. The van der Waals surface area contributed by atoms with Crippen LogP contribution in [0.25, 0.3) is 0 Å². The molecule has 1 aromatic rings. The molecule has 1 amide bonds. The summed E-state index contributed by atoms with van der Waals surface area (Å²) < 4.78 is 10.9. The Hall–Kier alpha value is -2.08. The fraction of sp³-hybridized carbons (Fsp3) is 0.529. The minimum atomic E-state index is -1.04. The maximum atomic E-state index is 12.1. The number of ether oxygens (including phenoxy) is 2. The molecule has 6 heteroatoms. The average Bonchev–Trinajstić information content (AvgIpc) is 2.99. The Morgan fingerprint density at radius 1 is 1.43 bits per heavy atom. The Morgan fingerprint density at radius 2 is 2.22 bits per heavy atom. The number of hydrogen-bond acceptors (Lipinski definition) is 4. The Labute approximate surface area is 135 Å². The molecule has 0 spiro atoms. The monoisotopic (exact) mass is 321 g/mol. The van der Waals surface area contributed by atoms with Crippen molar-refractivity contribution in [3.8, 4) is 5.75 Å². The van der Waals surface area contributed by atoms with Crippen LogP contribution in [0.3, 0.4) is 0 Å². The smallest absolute Gasteiger partial charge is 0.335 e. The maximum Gasteiger partial charge on any atom is 0.335 e. The van der Waals surface area contributed by atoms with Gasteiger partial charge in [0.25, 0.3) is 0 Å². The normalized spacial score (nSPS) is 17.3. The Kier molecular flexibility index (Phi) is 5.98. The van der Waals surface area contributed by atoms with E-state index in [1.54, 1.807) is 6.07 Å². The van der Waals surface area contributed by atoms with Crippen molar-refractivity contribution < 1.29 is 24.2 Å². The molecule has 6 nitrogen and oxygen atoms in total. The zero-order chi connectivity index (χ0) is 16.8. The molecule has 1 unspecified atom stereocenters. The third kappa shape index (κ3) is 5.25. The summed E-state index contributed by atoms with van der Waals surface area (Å²) in [5, 5.41) is 11.9. The topological polar surface area (TPSA) is 84.9 Å². The van der Waals surface area contributed by atoms with Crippen molar-refractivity contribution in [3.05, 3.63) is 23.8 Å². The summed E-state index contributed by atoms with van der Waals surface area (Å²) in [5.41, 5.74) is 0.506. The van der Waals surface area contributed by atoms with Crippen LogP contribution in [0.4, 0.5) is 5.69 Å². The van der Waals surface area contributed by atoms with Crippen LogP contribution in [-0.2, 0) is 9.53 Å². The van der Waals surface area contributed by atoms with Crippen LogP contribution in [0.2, 0.25) is 0 Å². The molecule has 1 fully saturated rings. The van der Waals surface area contributed by atoms with E-state index in [9.17, 15) is 9.59 Å². The largest absolute Gasteiger partial charge is 0.489 e. The number of anilines is 1. The second-order valence-electron chi connectivity index (χ2n) is 6.00. The molecule has 126 valence electrons. The second kappa shape index (κ2) is 7.97. The van der Waals surface area contributed by atoms with Crippen LogP contribution in [-0.4, -0.2) is 36.3 Å².